The summed E-state index contributed by atoms with van der Waals surface area (Å²) in [6, 6.07) is 9.19. The highest BCUT2D eigenvalue weighted by Crippen LogP contribution is 2.27. The third kappa shape index (κ3) is 2.93. The Hall–Kier alpha value is -2.04. The Morgan fingerprint density at radius 1 is 1.27 bits per heavy atom. The fraction of sp³-hybridized carbons (Fsp3) is 0.125. The average molecular weight is 334 g/mol. The Balaban J connectivity index is 2.02. The molecule has 1 N–H and O–H groups in total. The summed E-state index contributed by atoms with van der Waals surface area (Å²) in [5, 5.41) is 3.88. The normalized spacial score (nSPS) is 10.9. The van der Waals surface area contributed by atoms with E-state index >= 15 is 0 Å². The van der Waals surface area contributed by atoms with E-state index in [0.717, 1.165) is 16.9 Å². The Kier molecular flexibility index (Phi) is 4.05. The van der Waals surface area contributed by atoms with Gasteiger partial charge in [-0.25, -0.2) is 4.98 Å². The molecule has 0 fully saturated rings. The summed E-state index contributed by atoms with van der Waals surface area (Å²) in [6.07, 6.45) is 4.04. The first-order valence-corrected chi connectivity index (χ1v) is 7.56. The second-order valence-electron chi connectivity index (χ2n) is 4.85. The van der Waals surface area contributed by atoms with Crippen LogP contribution in [0.1, 0.15) is 13.3 Å². The zero-order chi connectivity index (χ0) is 15.7. The van der Waals surface area contributed by atoms with Gasteiger partial charge in [0, 0.05) is 30.1 Å². The fourth-order valence-electron chi connectivity index (χ4n) is 2.17. The van der Waals surface area contributed by atoms with Crippen LogP contribution in [-0.2, 0) is 4.79 Å². The van der Waals surface area contributed by atoms with Gasteiger partial charge in [0.05, 0.1) is 15.7 Å². The van der Waals surface area contributed by atoms with Crippen molar-refractivity contribution < 1.29 is 4.79 Å². The highest BCUT2D eigenvalue weighted by molar-refractivity contribution is 6.36. The van der Waals surface area contributed by atoms with Gasteiger partial charge in [-0.15, -0.1) is 0 Å². The Labute approximate surface area is 137 Å². The maximum atomic E-state index is 11.5. The van der Waals surface area contributed by atoms with Crippen molar-refractivity contribution in [3.63, 3.8) is 0 Å². The third-order valence-electron chi connectivity index (χ3n) is 3.24. The van der Waals surface area contributed by atoms with Crippen LogP contribution in [-0.4, -0.2) is 15.3 Å². The molecule has 0 aliphatic rings. The number of hydrogen-bond donors (Lipinski definition) is 1. The molecule has 1 amide bonds. The second-order valence-corrected chi connectivity index (χ2v) is 5.69. The number of amides is 1. The Morgan fingerprint density at radius 2 is 2.09 bits per heavy atom. The molecule has 0 unspecified atom stereocenters. The lowest BCUT2D eigenvalue weighted by Crippen LogP contribution is -2.09. The lowest BCUT2D eigenvalue weighted by molar-refractivity contribution is -0.115. The number of carbonyl (C=O) groups is 1. The molecule has 0 bridgehead atoms. The van der Waals surface area contributed by atoms with E-state index in [2.05, 4.69) is 10.3 Å². The minimum Gasteiger partial charge on any atom is -0.326 e. The number of pyridine rings is 1. The van der Waals surface area contributed by atoms with Crippen molar-refractivity contribution in [3.8, 4) is 11.3 Å². The van der Waals surface area contributed by atoms with E-state index in [1.54, 1.807) is 16.7 Å². The molecule has 3 aromatic rings. The van der Waals surface area contributed by atoms with Crippen molar-refractivity contribution in [1.29, 1.82) is 0 Å². The minimum atomic E-state index is -0.0259. The summed E-state index contributed by atoms with van der Waals surface area (Å²) < 4.78 is 1.79. The van der Waals surface area contributed by atoms with Crippen molar-refractivity contribution in [2.75, 3.05) is 5.32 Å². The smallest absolute Gasteiger partial charge is 0.224 e. The number of anilines is 1. The number of fused-ring (bicyclic) bond motifs is 1. The van der Waals surface area contributed by atoms with Gasteiger partial charge in [0.1, 0.15) is 0 Å². The summed E-state index contributed by atoms with van der Waals surface area (Å²) in [5.41, 5.74) is 3.04. The van der Waals surface area contributed by atoms with Crippen molar-refractivity contribution in [1.82, 2.24) is 9.38 Å². The van der Waals surface area contributed by atoms with Crippen LogP contribution in [0.3, 0.4) is 0 Å². The van der Waals surface area contributed by atoms with Gasteiger partial charge in [0.25, 0.3) is 0 Å². The number of carbonyl (C=O) groups excluding carboxylic acids is 1. The van der Waals surface area contributed by atoms with Crippen LogP contribution in [0.25, 0.3) is 16.9 Å². The molecule has 4 nitrogen and oxygen atoms in total. The topological polar surface area (TPSA) is 46.4 Å². The zero-order valence-corrected chi connectivity index (χ0v) is 13.3. The molecule has 6 heteroatoms. The Bertz CT molecular complexity index is 858. The molecule has 0 atom stereocenters. The maximum Gasteiger partial charge on any atom is 0.224 e. The van der Waals surface area contributed by atoms with Crippen LogP contribution in [0.4, 0.5) is 5.69 Å². The first-order valence-electron chi connectivity index (χ1n) is 6.81. The maximum absolute atomic E-state index is 11.5. The first kappa shape index (κ1) is 14.9. The van der Waals surface area contributed by atoms with E-state index in [-0.39, 0.29) is 5.91 Å². The van der Waals surface area contributed by atoms with Gasteiger partial charge in [0.2, 0.25) is 5.91 Å². The monoisotopic (exact) mass is 333 g/mol. The van der Waals surface area contributed by atoms with Crippen LogP contribution < -0.4 is 5.32 Å². The Morgan fingerprint density at radius 3 is 2.86 bits per heavy atom. The molecule has 22 heavy (non-hydrogen) atoms. The lowest BCUT2D eigenvalue weighted by Gasteiger charge is -2.04. The molecular weight excluding hydrogens is 321 g/mol. The van der Waals surface area contributed by atoms with Crippen LogP contribution in [0.5, 0.6) is 0 Å². The summed E-state index contributed by atoms with van der Waals surface area (Å²) in [4.78, 5) is 16.0. The van der Waals surface area contributed by atoms with Crippen LogP contribution in [0.15, 0.2) is 42.7 Å². The summed E-state index contributed by atoms with van der Waals surface area (Å²) in [7, 11) is 0. The zero-order valence-electron chi connectivity index (χ0n) is 11.8. The van der Waals surface area contributed by atoms with E-state index in [4.69, 9.17) is 23.2 Å². The summed E-state index contributed by atoms with van der Waals surface area (Å²) in [6.45, 7) is 1.81. The highest BCUT2D eigenvalue weighted by atomic mass is 35.5. The predicted octanol–water partition coefficient (Wildman–Crippen LogP) is 4.66. The van der Waals surface area contributed by atoms with E-state index in [1.807, 2.05) is 37.4 Å². The van der Waals surface area contributed by atoms with Gasteiger partial charge in [-0.05, 0) is 18.2 Å². The van der Waals surface area contributed by atoms with Gasteiger partial charge in [-0.2, -0.15) is 0 Å². The SMILES string of the molecule is CCC(=O)Nc1cccc(-c2cn3cc(Cl)cc(Cl)c3n2)c1. The highest BCUT2D eigenvalue weighted by Gasteiger charge is 2.09. The van der Waals surface area contributed by atoms with Gasteiger partial charge in [-0.1, -0.05) is 42.3 Å². The van der Waals surface area contributed by atoms with E-state index < -0.39 is 0 Å². The van der Waals surface area contributed by atoms with E-state index in [9.17, 15) is 4.79 Å². The molecule has 2 aromatic heterocycles. The third-order valence-corrected chi connectivity index (χ3v) is 3.72. The molecule has 0 radical (unpaired) electrons. The summed E-state index contributed by atoms with van der Waals surface area (Å²) in [5.74, 6) is -0.0259. The van der Waals surface area contributed by atoms with Crippen LogP contribution >= 0.6 is 23.2 Å². The van der Waals surface area contributed by atoms with Crippen molar-refractivity contribution >= 4 is 40.4 Å². The predicted molar refractivity (Wildman–Crippen MR) is 89.6 cm³/mol. The van der Waals surface area contributed by atoms with Gasteiger partial charge in [-0.3, -0.25) is 4.79 Å². The molecule has 0 aliphatic heterocycles. The number of nitrogens with one attached hydrogen (secondary N) is 1. The van der Waals surface area contributed by atoms with E-state index in [1.165, 1.54) is 0 Å². The van der Waals surface area contributed by atoms with Crippen LogP contribution in [0.2, 0.25) is 10.0 Å². The molecule has 0 saturated carbocycles. The fourth-order valence-corrected chi connectivity index (χ4v) is 2.70. The first-order chi connectivity index (χ1) is 10.6. The number of benzene rings is 1. The molecular formula is C16H13Cl2N3O. The van der Waals surface area contributed by atoms with Crippen molar-refractivity contribution in [2.45, 2.75) is 13.3 Å². The standard InChI is InChI=1S/C16H13Cl2N3O/c1-2-15(22)19-12-5-3-4-10(6-12)14-9-21-8-11(17)7-13(18)16(21)20-14/h3-9H,2H2,1H3,(H,19,22). The molecule has 1 aromatic carbocycles. The largest absolute Gasteiger partial charge is 0.326 e. The second kappa shape index (κ2) is 5.99. The molecule has 0 saturated heterocycles. The van der Waals surface area contributed by atoms with E-state index in [0.29, 0.717) is 22.1 Å². The molecule has 0 aliphatic carbocycles. The molecule has 0 spiro atoms. The minimum absolute atomic E-state index is 0.0259. The van der Waals surface area contributed by atoms with Crippen LogP contribution in [0, 0.1) is 0 Å². The molecule has 112 valence electrons. The van der Waals surface area contributed by atoms with Crippen molar-refractivity contribution in [2.24, 2.45) is 0 Å². The summed E-state index contributed by atoms with van der Waals surface area (Å²) >= 11 is 12.2. The number of aromatic nitrogens is 2. The van der Waals surface area contributed by atoms with Gasteiger partial charge >= 0.3 is 0 Å². The van der Waals surface area contributed by atoms with Gasteiger partial charge in [0.15, 0.2) is 5.65 Å². The number of rotatable bonds is 3. The number of imidazole rings is 1. The number of halogens is 2. The number of hydrogen-bond acceptors (Lipinski definition) is 2. The van der Waals surface area contributed by atoms with Crippen molar-refractivity contribution in [3.05, 3.63) is 52.8 Å². The quantitative estimate of drug-likeness (QED) is 0.757. The molecule has 2 heterocycles. The molecule has 3 rings (SSSR count). The average Bonchev–Trinajstić information content (AvgIpc) is 2.91. The lowest BCUT2D eigenvalue weighted by atomic mass is 10.1. The number of nitrogens with zero attached hydrogens (tertiary/aromatic N) is 2. The van der Waals surface area contributed by atoms with Gasteiger partial charge < -0.3 is 9.72 Å².